The fraction of sp³-hybridized carbons (Fsp3) is 0.333. The van der Waals surface area contributed by atoms with Crippen molar-refractivity contribution in [1.82, 2.24) is 0 Å². The highest BCUT2D eigenvalue weighted by atomic mass is 19.3. The summed E-state index contributed by atoms with van der Waals surface area (Å²) in [5, 5.41) is 0. The van der Waals surface area contributed by atoms with E-state index < -0.39 is 23.5 Å². The Labute approximate surface area is 150 Å². The minimum absolute atomic E-state index is 0.0149. The number of hydrogen-bond acceptors (Lipinski definition) is 1. The van der Waals surface area contributed by atoms with Gasteiger partial charge in [0.15, 0.2) is 23.6 Å². The van der Waals surface area contributed by atoms with Gasteiger partial charge in [-0.15, -0.1) is 0 Å². The van der Waals surface area contributed by atoms with Crippen LogP contribution >= 0.6 is 0 Å². The van der Waals surface area contributed by atoms with Gasteiger partial charge in [-0.1, -0.05) is 44.0 Å². The molecule has 2 aromatic carbocycles. The van der Waals surface area contributed by atoms with Gasteiger partial charge < -0.3 is 4.74 Å². The van der Waals surface area contributed by atoms with Gasteiger partial charge >= 0.3 is 6.08 Å². The molecule has 0 amide bonds. The minimum atomic E-state index is -2.17. The summed E-state index contributed by atoms with van der Waals surface area (Å²) < 4.78 is 56.5. The van der Waals surface area contributed by atoms with Gasteiger partial charge in [-0.25, -0.2) is 8.78 Å². The first-order chi connectivity index (χ1) is 12.4. The van der Waals surface area contributed by atoms with Crippen LogP contribution in [0.3, 0.4) is 0 Å². The molecule has 1 saturated carbocycles. The molecule has 1 aliphatic carbocycles. The zero-order valence-corrected chi connectivity index (χ0v) is 14.4. The van der Waals surface area contributed by atoms with Crippen LogP contribution in [-0.2, 0) is 0 Å². The van der Waals surface area contributed by atoms with E-state index >= 15 is 0 Å². The third kappa shape index (κ3) is 4.26. The van der Waals surface area contributed by atoms with E-state index in [9.17, 15) is 17.6 Å². The largest absolute Gasteiger partial charge is 0.453 e. The van der Waals surface area contributed by atoms with E-state index in [1.54, 1.807) is 0 Å². The van der Waals surface area contributed by atoms with Crippen LogP contribution in [-0.4, -0.2) is 0 Å². The summed E-state index contributed by atoms with van der Waals surface area (Å²) in [7, 11) is 0. The Hall–Kier alpha value is -2.30. The number of ether oxygens (including phenoxy) is 1. The lowest BCUT2D eigenvalue weighted by molar-refractivity contribution is 0.344. The van der Waals surface area contributed by atoms with Gasteiger partial charge in [0.05, 0.1) is 0 Å². The molecule has 1 nitrogen and oxygen atoms in total. The number of rotatable bonds is 4. The maximum absolute atomic E-state index is 14.0. The molecule has 0 heterocycles. The SMILES string of the molecule is CC1CCC(c2ccc(-c3cc(F)c(OC=C(F)F)c(F)c3)cc2)CC1. The van der Waals surface area contributed by atoms with Crippen LogP contribution in [0.5, 0.6) is 5.75 Å². The molecule has 3 rings (SSSR count). The Morgan fingerprint density at radius 2 is 1.50 bits per heavy atom. The topological polar surface area (TPSA) is 9.23 Å². The molecule has 1 fully saturated rings. The zero-order valence-electron chi connectivity index (χ0n) is 14.4. The van der Waals surface area contributed by atoms with Crippen LogP contribution < -0.4 is 4.74 Å². The van der Waals surface area contributed by atoms with E-state index in [0.717, 1.165) is 30.9 Å². The molecule has 0 spiro atoms. The maximum atomic E-state index is 14.0. The molecule has 0 saturated heterocycles. The molecule has 5 heteroatoms. The van der Waals surface area contributed by atoms with E-state index in [1.807, 2.05) is 24.3 Å². The van der Waals surface area contributed by atoms with Crippen molar-refractivity contribution in [2.75, 3.05) is 0 Å². The predicted octanol–water partition coefficient (Wildman–Crippen LogP) is 7.04. The van der Waals surface area contributed by atoms with Crippen molar-refractivity contribution < 1.29 is 22.3 Å². The van der Waals surface area contributed by atoms with Gasteiger partial charge in [0.25, 0.3) is 0 Å². The van der Waals surface area contributed by atoms with E-state index in [0.29, 0.717) is 17.0 Å². The quantitative estimate of drug-likeness (QED) is 0.417. The molecule has 0 N–H and O–H groups in total. The average Bonchev–Trinajstić information content (AvgIpc) is 2.61. The van der Waals surface area contributed by atoms with Crippen LogP contribution in [0, 0.1) is 17.6 Å². The van der Waals surface area contributed by atoms with E-state index in [-0.39, 0.29) is 6.26 Å². The average molecular weight is 364 g/mol. The molecule has 0 bridgehead atoms. The van der Waals surface area contributed by atoms with E-state index in [1.165, 1.54) is 18.4 Å². The van der Waals surface area contributed by atoms with Crippen LogP contribution in [0.25, 0.3) is 11.1 Å². The van der Waals surface area contributed by atoms with Crippen molar-refractivity contribution in [3.63, 3.8) is 0 Å². The second kappa shape index (κ2) is 7.94. The van der Waals surface area contributed by atoms with E-state index in [2.05, 4.69) is 11.7 Å². The fourth-order valence-electron chi connectivity index (χ4n) is 3.48. The standard InChI is InChI=1S/C21H20F4O/c1-13-2-4-14(5-3-13)15-6-8-16(9-7-15)17-10-18(22)21(19(23)11-17)26-12-20(24)25/h6-14H,2-5H2,1H3. The zero-order chi connectivity index (χ0) is 18.7. The number of benzene rings is 2. The molecule has 26 heavy (non-hydrogen) atoms. The Bertz CT molecular complexity index is 763. The third-order valence-corrected chi connectivity index (χ3v) is 5.00. The number of halogens is 4. The number of hydrogen-bond donors (Lipinski definition) is 0. The Kier molecular flexibility index (Phi) is 5.64. The summed E-state index contributed by atoms with van der Waals surface area (Å²) >= 11 is 0. The summed E-state index contributed by atoms with van der Waals surface area (Å²) in [6.45, 7) is 2.27. The molecule has 0 radical (unpaired) electrons. The lowest BCUT2D eigenvalue weighted by Crippen LogP contribution is -2.10. The molecule has 2 aromatic rings. The highest BCUT2D eigenvalue weighted by Crippen LogP contribution is 2.36. The summed E-state index contributed by atoms with van der Waals surface area (Å²) in [6.07, 6.45) is 2.61. The first-order valence-electron chi connectivity index (χ1n) is 8.71. The summed E-state index contributed by atoms with van der Waals surface area (Å²) in [6, 6.07) is 9.83. The van der Waals surface area contributed by atoms with Crippen LogP contribution in [0.4, 0.5) is 17.6 Å². The van der Waals surface area contributed by atoms with Crippen molar-refractivity contribution in [3.8, 4) is 16.9 Å². The van der Waals surface area contributed by atoms with Crippen molar-refractivity contribution in [2.45, 2.75) is 38.5 Å². The second-order valence-electron chi connectivity index (χ2n) is 6.87. The smallest absolute Gasteiger partial charge is 0.305 e. The van der Waals surface area contributed by atoms with Gasteiger partial charge in [-0.2, -0.15) is 8.78 Å². The van der Waals surface area contributed by atoms with Gasteiger partial charge in [0, 0.05) is 0 Å². The molecule has 1 aliphatic rings. The molecular formula is C21H20F4O. The highest BCUT2D eigenvalue weighted by molar-refractivity contribution is 5.65. The fourth-order valence-corrected chi connectivity index (χ4v) is 3.48. The second-order valence-corrected chi connectivity index (χ2v) is 6.87. The monoisotopic (exact) mass is 364 g/mol. The molecule has 0 atom stereocenters. The first-order valence-corrected chi connectivity index (χ1v) is 8.71. The summed E-state index contributed by atoms with van der Waals surface area (Å²) in [5.41, 5.74) is 2.24. The minimum Gasteiger partial charge on any atom is -0.453 e. The van der Waals surface area contributed by atoms with Gasteiger partial charge in [-0.05, 0) is 53.5 Å². The normalized spacial score (nSPS) is 19.9. The van der Waals surface area contributed by atoms with Gasteiger partial charge in [-0.3, -0.25) is 0 Å². The maximum Gasteiger partial charge on any atom is 0.305 e. The molecule has 0 unspecified atom stereocenters. The molecule has 0 aromatic heterocycles. The lowest BCUT2D eigenvalue weighted by Gasteiger charge is -2.26. The lowest BCUT2D eigenvalue weighted by atomic mass is 9.79. The molecule has 138 valence electrons. The van der Waals surface area contributed by atoms with Crippen molar-refractivity contribution >= 4 is 0 Å². The van der Waals surface area contributed by atoms with Crippen LogP contribution in [0.1, 0.15) is 44.1 Å². The summed E-state index contributed by atoms with van der Waals surface area (Å²) in [5.74, 6) is -1.58. The van der Waals surface area contributed by atoms with E-state index in [4.69, 9.17) is 0 Å². The summed E-state index contributed by atoms with van der Waals surface area (Å²) in [4.78, 5) is 0. The Morgan fingerprint density at radius 3 is 2.04 bits per heavy atom. The van der Waals surface area contributed by atoms with Gasteiger partial charge in [0.2, 0.25) is 0 Å². The third-order valence-electron chi connectivity index (χ3n) is 5.00. The molecular weight excluding hydrogens is 344 g/mol. The van der Waals surface area contributed by atoms with Crippen LogP contribution in [0.15, 0.2) is 48.7 Å². The Morgan fingerprint density at radius 1 is 0.923 bits per heavy atom. The van der Waals surface area contributed by atoms with Crippen molar-refractivity contribution in [3.05, 3.63) is 65.9 Å². The van der Waals surface area contributed by atoms with Gasteiger partial charge in [0.1, 0.15) is 0 Å². The molecule has 0 aliphatic heterocycles. The Balaban J connectivity index is 1.80. The van der Waals surface area contributed by atoms with Crippen molar-refractivity contribution in [1.29, 1.82) is 0 Å². The van der Waals surface area contributed by atoms with Crippen LogP contribution in [0.2, 0.25) is 0 Å². The highest BCUT2D eigenvalue weighted by Gasteiger charge is 2.20. The predicted molar refractivity (Wildman–Crippen MR) is 93.1 cm³/mol. The van der Waals surface area contributed by atoms with Crippen molar-refractivity contribution in [2.24, 2.45) is 5.92 Å². The first kappa shape index (κ1) is 18.5.